The third-order valence-electron chi connectivity index (χ3n) is 3.29. The topological polar surface area (TPSA) is 88.7 Å². The Hall–Kier alpha value is -1.94. The summed E-state index contributed by atoms with van der Waals surface area (Å²) >= 11 is 0. The highest BCUT2D eigenvalue weighted by Crippen LogP contribution is 2.15. The van der Waals surface area contributed by atoms with E-state index in [1.54, 1.807) is 17.2 Å². The van der Waals surface area contributed by atoms with Gasteiger partial charge in [0.15, 0.2) is 0 Å². The van der Waals surface area contributed by atoms with E-state index in [1.165, 1.54) is 6.20 Å². The van der Waals surface area contributed by atoms with E-state index in [9.17, 15) is 9.90 Å². The number of aliphatic hydroxyl groups is 1. The van der Waals surface area contributed by atoms with Crippen molar-refractivity contribution >= 4 is 5.91 Å². The summed E-state index contributed by atoms with van der Waals surface area (Å²) in [6.45, 7) is 2.86. The maximum absolute atomic E-state index is 12.6. The zero-order valence-electron chi connectivity index (χ0n) is 12.0. The quantitative estimate of drug-likeness (QED) is 0.724. The minimum absolute atomic E-state index is 0.0425. The van der Waals surface area contributed by atoms with Crippen molar-refractivity contribution < 1.29 is 14.6 Å². The number of aliphatic hydroxyl groups excluding tert-OH is 1. The molecule has 0 aliphatic carbocycles. The van der Waals surface area contributed by atoms with Gasteiger partial charge in [0, 0.05) is 24.5 Å². The first-order valence-electron chi connectivity index (χ1n) is 6.83. The van der Waals surface area contributed by atoms with Gasteiger partial charge in [-0.2, -0.15) is 0 Å². The van der Waals surface area contributed by atoms with Gasteiger partial charge in [0.2, 0.25) is 0 Å². The number of amides is 1. The second-order valence-electron chi connectivity index (χ2n) is 4.91. The number of morpholine rings is 1. The Kier molecular flexibility index (Phi) is 5.28. The van der Waals surface area contributed by atoms with Crippen LogP contribution in [0.5, 0.6) is 0 Å². The lowest BCUT2D eigenvalue weighted by Gasteiger charge is -2.37. The first-order chi connectivity index (χ1) is 10.2. The van der Waals surface area contributed by atoms with Gasteiger partial charge in [-0.05, 0) is 13.0 Å². The average molecular weight is 289 g/mol. The largest absolute Gasteiger partial charge is 0.394 e. The van der Waals surface area contributed by atoms with E-state index in [0.717, 1.165) is 0 Å². The molecular weight excluding hydrogens is 270 g/mol. The molecular formula is C15H19N3O3. The fraction of sp³-hybridized carbons (Fsp3) is 0.467. The number of ether oxygens (including phenoxy) is 1. The van der Waals surface area contributed by atoms with Crippen molar-refractivity contribution in [3.63, 3.8) is 0 Å². The molecule has 2 atom stereocenters. The number of hydrogen-bond acceptors (Lipinski definition) is 5. The van der Waals surface area contributed by atoms with Crippen LogP contribution in [0.2, 0.25) is 0 Å². The second-order valence-corrected chi connectivity index (χ2v) is 4.91. The van der Waals surface area contributed by atoms with Crippen molar-refractivity contribution in [1.29, 1.82) is 0 Å². The van der Waals surface area contributed by atoms with Gasteiger partial charge in [-0.3, -0.25) is 9.78 Å². The number of rotatable bonds is 2. The van der Waals surface area contributed by atoms with Crippen LogP contribution in [0.1, 0.15) is 22.8 Å². The number of nitrogens with zero attached hydrogens (tertiary/aromatic N) is 2. The van der Waals surface area contributed by atoms with Gasteiger partial charge in [-0.1, -0.05) is 11.8 Å². The van der Waals surface area contributed by atoms with Gasteiger partial charge >= 0.3 is 0 Å². The first-order valence-corrected chi connectivity index (χ1v) is 6.83. The van der Waals surface area contributed by atoms with Crippen LogP contribution in [0.15, 0.2) is 18.5 Å². The molecule has 0 aromatic carbocycles. The van der Waals surface area contributed by atoms with E-state index < -0.39 is 0 Å². The molecule has 1 aromatic rings. The van der Waals surface area contributed by atoms with E-state index in [1.807, 2.05) is 6.92 Å². The van der Waals surface area contributed by atoms with Crippen LogP contribution in [0.3, 0.4) is 0 Å². The van der Waals surface area contributed by atoms with Crippen LogP contribution < -0.4 is 5.73 Å². The minimum atomic E-state index is -0.335. The molecule has 0 saturated carbocycles. The van der Waals surface area contributed by atoms with E-state index in [4.69, 9.17) is 10.5 Å². The molecule has 0 bridgehead atoms. The van der Waals surface area contributed by atoms with Crippen molar-refractivity contribution in [2.45, 2.75) is 19.1 Å². The van der Waals surface area contributed by atoms with Gasteiger partial charge in [0.1, 0.15) is 0 Å². The molecule has 6 heteroatoms. The summed E-state index contributed by atoms with van der Waals surface area (Å²) in [6.07, 6.45) is 2.78. The number of pyridine rings is 1. The highest BCUT2D eigenvalue weighted by molar-refractivity contribution is 5.94. The summed E-state index contributed by atoms with van der Waals surface area (Å²) in [5.74, 6) is 5.46. The molecule has 112 valence electrons. The normalized spacial score (nSPS) is 21.6. The fourth-order valence-electron chi connectivity index (χ4n) is 2.16. The smallest absolute Gasteiger partial charge is 0.255 e. The second kappa shape index (κ2) is 7.18. The van der Waals surface area contributed by atoms with E-state index in [0.29, 0.717) is 24.3 Å². The molecule has 1 fully saturated rings. The van der Waals surface area contributed by atoms with Gasteiger partial charge in [-0.15, -0.1) is 0 Å². The summed E-state index contributed by atoms with van der Waals surface area (Å²) in [6, 6.07) is 1.66. The van der Waals surface area contributed by atoms with Gasteiger partial charge in [0.25, 0.3) is 5.91 Å². The van der Waals surface area contributed by atoms with Gasteiger partial charge in [0.05, 0.1) is 37.5 Å². The summed E-state index contributed by atoms with van der Waals surface area (Å²) in [5.41, 5.74) is 6.47. The molecule has 0 radical (unpaired) electrons. The Balaban J connectivity index is 2.18. The summed E-state index contributed by atoms with van der Waals surface area (Å²) < 4.78 is 5.44. The summed E-state index contributed by atoms with van der Waals surface area (Å²) in [7, 11) is 0. The third-order valence-corrected chi connectivity index (χ3v) is 3.29. The number of carbonyl (C=O) groups is 1. The molecule has 1 saturated heterocycles. The Bertz CT molecular complexity index is 565. The van der Waals surface area contributed by atoms with Crippen LogP contribution in [-0.2, 0) is 4.74 Å². The number of aromatic nitrogens is 1. The first kappa shape index (κ1) is 15.4. The molecule has 1 aromatic heterocycles. The molecule has 1 amide bonds. The Morgan fingerprint density at radius 3 is 3.14 bits per heavy atom. The molecule has 3 N–H and O–H groups in total. The van der Waals surface area contributed by atoms with Crippen molar-refractivity contribution in [3.8, 4) is 11.8 Å². The number of carbonyl (C=O) groups excluding carboxylic acids is 1. The summed E-state index contributed by atoms with van der Waals surface area (Å²) in [4.78, 5) is 18.3. The molecule has 2 rings (SSSR count). The van der Waals surface area contributed by atoms with E-state index in [-0.39, 0.29) is 31.2 Å². The van der Waals surface area contributed by atoms with E-state index in [2.05, 4.69) is 16.8 Å². The van der Waals surface area contributed by atoms with Crippen molar-refractivity contribution in [3.05, 3.63) is 29.6 Å². The SMILES string of the molecule is CC1COC(CO)CN1C(=O)c1cncc(C#CCN)c1. The molecule has 0 spiro atoms. The van der Waals surface area contributed by atoms with Crippen molar-refractivity contribution in [2.75, 3.05) is 26.3 Å². The molecule has 6 nitrogen and oxygen atoms in total. The Labute approximate surface area is 123 Å². The van der Waals surface area contributed by atoms with E-state index >= 15 is 0 Å². The lowest BCUT2D eigenvalue weighted by atomic mass is 10.1. The maximum atomic E-state index is 12.6. The van der Waals surface area contributed by atoms with Crippen LogP contribution in [-0.4, -0.2) is 59.3 Å². The molecule has 1 aliphatic rings. The van der Waals surface area contributed by atoms with Crippen molar-refractivity contribution in [2.24, 2.45) is 5.73 Å². The van der Waals surface area contributed by atoms with Crippen molar-refractivity contribution in [1.82, 2.24) is 9.88 Å². The van der Waals surface area contributed by atoms with Crippen LogP contribution in [0, 0.1) is 11.8 Å². The number of nitrogens with two attached hydrogens (primary N) is 1. The maximum Gasteiger partial charge on any atom is 0.255 e. The third kappa shape index (κ3) is 3.79. The zero-order chi connectivity index (χ0) is 15.2. The molecule has 1 aliphatic heterocycles. The molecule has 21 heavy (non-hydrogen) atoms. The Morgan fingerprint density at radius 2 is 2.43 bits per heavy atom. The summed E-state index contributed by atoms with van der Waals surface area (Å²) in [5, 5.41) is 9.18. The molecule has 2 heterocycles. The molecule has 2 unspecified atom stereocenters. The lowest BCUT2D eigenvalue weighted by molar-refractivity contribution is -0.0667. The fourth-order valence-corrected chi connectivity index (χ4v) is 2.16. The van der Waals surface area contributed by atoms with Crippen LogP contribution >= 0.6 is 0 Å². The predicted octanol–water partition coefficient (Wildman–Crippen LogP) is -0.386. The highest BCUT2D eigenvalue weighted by Gasteiger charge is 2.30. The van der Waals surface area contributed by atoms with Gasteiger partial charge in [-0.25, -0.2) is 0 Å². The predicted molar refractivity (Wildman–Crippen MR) is 77.5 cm³/mol. The number of hydrogen-bond donors (Lipinski definition) is 2. The lowest BCUT2D eigenvalue weighted by Crippen LogP contribution is -2.52. The average Bonchev–Trinajstić information content (AvgIpc) is 2.53. The monoisotopic (exact) mass is 289 g/mol. The van der Waals surface area contributed by atoms with Crippen LogP contribution in [0.4, 0.5) is 0 Å². The highest BCUT2D eigenvalue weighted by atomic mass is 16.5. The minimum Gasteiger partial charge on any atom is -0.394 e. The van der Waals surface area contributed by atoms with Gasteiger partial charge < -0.3 is 20.5 Å². The zero-order valence-corrected chi connectivity index (χ0v) is 12.0. The Morgan fingerprint density at radius 1 is 1.62 bits per heavy atom. The van der Waals surface area contributed by atoms with Crippen LogP contribution in [0.25, 0.3) is 0 Å². The standard InChI is InChI=1S/C15H19N3O3/c1-11-10-21-14(9-19)8-18(11)15(20)13-5-12(3-2-4-16)6-17-7-13/h5-7,11,14,19H,4,8-10,16H2,1H3.